The molecule has 0 radical (unpaired) electrons. The van der Waals surface area contributed by atoms with Crippen LogP contribution in [0, 0.1) is 11.6 Å². The van der Waals surface area contributed by atoms with Crippen molar-refractivity contribution in [2.45, 2.75) is 11.2 Å². The lowest BCUT2D eigenvalue weighted by atomic mass is 10.1. The normalized spacial score (nSPS) is 12.7. The summed E-state index contributed by atoms with van der Waals surface area (Å²) in [5, 5.41) is 3.97. The van der Waals surface area contributed by atoms with Crippen LogP contribution < -0.4 is 0 Å². The van der Waals surface area contributed by atoms with E-state index in [1.54, 1.807) is 11.3 Å². The van der Waals surface area contributed by atoms with Gasteiger partial charge in [0.25, 0.3) is 0 Å². The minimum Gasteiger partial charge on any atom is -0.207 e. The van der Waals surface area contributed by atoms with Gasteiger partial charge in [-0.2, -0.15) is 11.3 Å². The van der Waals surface area contributed by atoms with E-state index < -0.39 is 5.82 Å². The van der Waals surface area contributed by atoms with Crippen molar-refractivity contribution in [2.75, 3.05) is 0 Å². The molecule has 16 heavy (non-hydrogen) atoms. The lowest BCUT2D eigenvalue weighted by Gasteiger charge is -2.10. The molecular weight excluding hydrogens is 294 g/mol. The second kappa shape index (κ2) is 5.06. The minimum atomic E-state index is -0.411. The van der Waals surface area contributed by atoms with Crippen LogP contribution in [0.5, 0.6) is 0 Å². The van der Waals surface area contributed by atoms with Gasteiger partial charge in [-0.3, -0.25) is 0 Å². The van der Waals surface area contributed by atoms with Crippen molar-refractivity contribution >= 4 is 27.3 Å². The maximum absolute atomic E-state index is 13.5. The Morgan fingerprint density at radius 1 is 1.25 bits per heavy atom. The topological polar surface area (TPSA) is 0 Å². The van der Waals surface area contributed by atoms with Gasteiger partial charge in [-0.05, 0) is 47.0 Å². The number of benzene rings is 1. The number of hydrogen-bond acceptors (Lipinski definition) is 1. The average molecular weight is 303 g/mol. The quantitative estimate of drug-likeness (QED) is 0.721. The van der Waals surface area contributed by atoms with Crippen molar-refractivity contribution < 1.29 is 8.78 Å². The van der Waals surface area contributed by atoms with Crippen LogP contribution in [0.25, 0.3) is 0 Å². The van der Waals surface area contributed by atoms with Gasteiger partial charge in [-0.1, -0.05) is 15.9 Å². The molecule has 0 aliphatic carbocycles. The summed E-state index contributed by atoms with van der Waals surface area (Å²) >= 11 is 4.99. The van der Waals surface area contributed by atoms with Gasteiger partial charge in [0.2, 0.25) is 0 Å². The fourth-order valence-corrected chi connectivity index (χ4v) is 2.89. The summed E-state index contributed by atoms with van der Waals surface area (Å²) in [6.45, 7) is 0. The third-order valence-corrected chi connectivity index (χ3v) is 3.84. The molecule has 1 unspecified atom stereocenters. The van der Waals surface area contributed by atoms with Crippen LogP contribution >= 0.6 is 27.3 Å². The molecule has 2 aromatic rings. The van der Waals surface area contributed by atoms with E-state index in [9.17, 15) is 8.78 Å². The van der Waals surface area contributed by atoms with E-state index in [-0.39, 0.29) is 10.6 Å². The smallest absolute Gasteiger partial charge is 0.127 e. The first kappa shape index (κ1) is 11.7. The first-order chi connectivity index (χ1) is 7.66. The molecule has 84 valence electrons. The van der Waals surface area contributed by atoms with Crippen LogP contribution in [0.15, 0.2) is 35.0 Å². The number of thiophene rings is 1. The Hall–Kier alpha value is -0.740. The summed E-state index contributed by atoms with van der Waals surface area (Å²) in [6, 6.07) is 5.51. The molecule has 1 aromatic heterocycles. The summed E-state index contributed by atoms with van der Waals surface area (Å²) < 4.78 is 26.5. The number of hydrogen-bond donors (Lipinski definition) is 0. The molecule has 4 heteroatoms. The molecule has 0 bridgehead atoms. The molecule has 0 amide bonds. The van der Waals surface area contributed by atoms with Crippen LogP contribution in [0.3, 0.4) is 0 Å². The number of rotatable bonds is 3. The largest absolute Gasteiger partial charge is 0.207 e. The predicted molar refractivity (Wildman–Crippen MR) is 66.0 cm³/mol. The molecule has 1 heterocycles. The van der Waals surface area contributed by atoms with E-state index in [0.717, 1.165) is 17.7 Å². The highest BCUT2D eigenvalue weighted by molar-refractivity contribution is 9.09. The average Bonchev–Trinajstić information content (AvgIpc) is 2.74. The second-order valence-electron chi connectivity index (χ2n) is 3.47. The maximum Gasteiger partial charge on any atom is 0.127 e. The maximum atomic E-state index is 13.5. The van der Waals surface area contributed by atoms with Gasteiger partial charge in [-0.15, -0.1) is 0 Å². The van der Waals surface area contributed by atoms with Crippen LogP contribution in [0.4, 0.5) is 8.78 Å². The van der Waals surface area contributed by atoms with Crippen molar-refractivity contribution in [3.63, 3.8) is 0 Å². The summed E-state index contributed by atoms with van der Waals surface area (Å²) in [5.41, 5.74) is 1.49. The zero-order valence-electron chi connectivity index (χ0n) is 8.29. The molecule has 0 saturated heterocycles. The van der Waals surface area contributed by atoms with E-state index in [1.807, 2.05) is 16.8 Å². The number of halogens is 3. The van der Waals surface area contributed by atoms with Gasteiger partial charge in [-0.25, -0.2) is 8.78 Å². The van der Waals surface area contributed by atoms with E-state index in [0.29, 0.717) is 12.0 Å². The van der Waals surface area contributed by atoms with Gasteiger partial charge in [0.1, 0.15) is 11.6 Å². The monoisotopic (exact) mass is 302 g/mol. The van der Waals surface area contributed by atoms with Gasteiger partial charge >= 0.3 is 0 Å². The molecule has 0 aliphatic heterocycles. The molecule has 0 spiro atoms. The Morgan fingerprint density at radius 3 is 2.75 bits per heavy atom. The molecule has 0 nitrogen and oxygen atoms in total. The van der Waals surface area contributed by atoms with E-state index in [2.05, 4.69) is 15.9 Å². The molecule has 1 atom stereocenters. The van der Waals surface area contributed by atoms with Crippen molar-refractivity contribution in [3.05, 3.63) is 57.8 Å². The standard InChI is InChI=1S/C12H9BrF2S/c13-11(5-8-3-4-16-7-8)10-6-9(14)1-2-12(10)15/h1-4,6-7,11H,5H2. The molecule has 0 aliphatic rings. The number of alkyl halides is 1. The van der Waals surface area contributed by atoms with Gasteiger partial charge in [0, 0.05) is 10.4 Å². The highest BCUT2D eigenvalue weighted by atomic mass is 79.9. The van der Waals surface area contributed by atoms with Gasteiger partial charge in [0.15, 0.2) is 0 Å². The van der Waals surface area contributed by atoms with Gasteiger partial charge in [0.05, 0.1) is 0 Å². The van der Waals surface area contributed by atoms with Crippen LogP contribution in [-0.4, -0.2) is 0 Å². The Labute approximate surface area is 105 Å². The van der Waals surface area contributed by atoms with E-state index in [1.165, 1.54) is 6.07 Å². The molecule has 0 fully saturated rings. The van der Waals surface area contributed by atoms with Crippen LogP contribution in [-0.2, 0) is 6.42 Å². The van der Waals surface area contributed by atoms with Crippen molar-refractivity contribution in [3.8, 4) is 0 Å². The van der Waals surface area contributed by atoms with E-state index in [4.69, 9.17) is 0 Å². The Morgan fingerprint density at radius 2 is 2.06 bits per heavy atom. The third-order valence-electron chi connectivity index (χ3n) is 2.29. The van der Waals surface area contributed by atoms with Crippen LogP contribution in [0.2, 0.25) is 0 Å². The molecular formula is C12H9BrF2S. The summed E-state index contributed by atoms with van der Waals surface area (Å²) in [5.74, 6) is -0.787. The molecule has 2 rings (SSSR count). The Bertz CT molecular complexity index is 468. The Balaban J connectivity index is 2.20. The van der Waals surface area contributed by atoms with Gasteiger partial charge < -0.3 is 0 Å². The lowest BCUT2D eigenvalue weighted by molar-refractivity contribution is 0.583. The highest BCUT2D eigenvalue weighted by Gasteiger charge is 2.14. The summed E-state index contributed by atoms with van der Waals surface area (Å²) in [6.07, 6.45) is 0.657. The predicted octanol–water partition coefficient (Wildman–Crippen LogP) is 4.71. The first-order valence-corrected chi connectivity index (χ1v) is 6.63. The zero-order valence-corrected chi connectivity index (χ0v) is 10.7. The second-order valence-corrected chi connectivity index (χ2v) is 5.35. The van der Waals surface area contributed by atoms with Crippen molar-refractivity contribution in [2.24, 2.45) is 0 Å². The lowest BCUT2D eigenvalue weighted by Crippen LogP contribution is -1.98. The highest BCUT2D eigenvalue weighted by Crippen LogP contribution is 2.30. The molecule has 0 saturated carbocycles. The molecule has 0 N–H and O–H groups in total. The molecule has 1 aromatic carbocycles. The first-order valence-electron chi connectivity index (χ1n) is 4.77. The summed E-state index contributed by atoms with van der Waals surface area (Å²) in [4.78, 5) is -0.196. The van der Waals surface area contributed by atoms with Crippen LogP contribution in [0.1, 0.15) is 16.0 Å². The van der Waals surface area contributed by atoms with Crippen molar-refractivity contribution in [1.29, 1.82) is 0 Å². The SMILES string of the molecule is Fc1ccc(F)c(C(Br)Cc2ccsc2)c1. The minimum absolute atomic E-state index is 0.196. The van der Waals surface area contributed by atoms with E-state index >= 15 is 0 Å². The fourth-order valence-electron chi connectivity index (χ4n) is 1.48. The zero-order chi connectivity index (χ0) is 11.5. The fraction of sp³-hybridized carbons (Fsp3) is 0.167. The summed E-state index contributed by atoms with van der Waals surface area (Å²) in [7, 11) is 0. The Kier molecular flexibility index (Phi) is 3.71. The van der Waals surface area contributed by atoms with Crippen molar-refractivity contribution in [1.82, 2.24) is 0 Å². The third kappa shape index (κ3) is 2.68.